The summed E-state index contributed by atoms with van der Waals surface area (Å²) in [5.74, 6) is -0.0305. The zero-order chi connectivity index (χ0) is 14.7. The van der Waals surface area contributed by atoms with E-state index >= 15 is 0 Å². The molecule has 0 atom stereocenters. The molecule has 3 rings (SSSR count). The Labute approximate surface area is 121 Å². The number of carbonyl (C=O) groups excluding carboxylic acids is 1. The fourth-order valence-corrected chi connectivity index (χ4v) is 1.89. The quantitative estimate of drug-likeness (QED) is 0.546. The zero-order valence-electron chi connectivity index (χ0n) is 11.4. The number of rotatable bonds is 3. The van der Waals surface area contributed by atoms with Crippen LogP contribution in [0, 0.1) is 6.92 Å². The summed E-state index contributed by atoms with van der Waals surface area (Å²) in [6, 6.07) is 18.3. The molecule has 0 radical (unpaired) electrons. The third-order valence-electron chi connectivity index (χ3n) is 2.92. The van der Waals surface area contributed by atoms with Gasteiger partial charge in [-0.2, -0.15) is 9.90 Å². The van der Waals surface area contributed by atoms with Gasteiger partial charge in [-0.3, -0.25) is 0 Å². The molecule has 1 heterocycles. The number of esters is 1. The number of benzene rings is 2. The van der Waals surface area contributed by atoms with Crippen LogP contribution in [0.15, 0.2) is 60.7 Å². The van der Waals surface area contributed by atoms with E-state index in [4.69, 9.17) is 4.74 Å². The van der Waals surface area contributed by atoms with Crippen molar-refractivity contribution in [1.82, 2.24) is 15.0 Å². The van der Waals surface area contributed by atoms with Crippen LogP contribution in [0.5, 0.6) is 5.75 Å². The first kappa shape index (κ1) is 13.1. The van der Waals surface area contributed by atoms with Gasteiger partial charge in [0.2, 0.25) is 0 Å². The first-order valence-corrected chi connectivity index (χ1v) is 6.50. The van der Waals surface area contributed by atoms with Crippen LogP contribution in [-0.2, 0) is 0 Å². The van der Waals surface area contributed by atoms with Crippen molar-refractivity contribution < 1.29 is 9.53 Å². The summed E-state index contributed by atoms with van der Waals surface area (Å²) in [4.78, 5) is 13.6. The lowest BCUT2D eigenvalue weighted by atomic mass is 10.3. The zero-order valence-corrected chi connectivity index (χ0v) is 11.4. The SMILES string of the molecule is Cc1nn(-c2ccccc2)nc1C(=O)Oc1ccccc1. The van der Waals surface area contributed by atoms with Crippen LogP contribution in [0.25, 0.3) is 5.69 Å². The van der Waals surface area contributed by atoms with Gasteiger partial charge in [-0.15, -0.1) is 5.10 Å². The molecule has 104 valence electrons. The normalized spacial score (nSPS) is 10.3. The lowest BCUT2D eigenvalue weighted by molar-refractivity contribution is 0.0727. The van der Waals surface area contributed by atoms with Crippen molar-refractivity contribution in [2.75, 3.05) is 0 Å². The third-order valence-corrected chi connectivity index (χ3v) is 2.92. The Hall–Kier alpha value is -2.95. The van der Waals surface area contributed by atoms with Crippen molar-refractivity contribution in [3.05, 3.63) is 72.1 Å². The van der Waals surface area contributed by atoms with Gasteiger partial charge in [0.15, 0.2) is 5.69 Å². The second-order valence-corrected chi connectivity index (χ2v) is 4.46. The highest BCUT2D eigenvalue weighted by Gasteiger charge is 2.18. The number of aromatic nitrogens is 3. The van der Waals surface area contributed by atoms with Crippen LogP contribution in [-0.4, -0.2) is 21.0 Å². The first-order valence-electron chi connectivity index (χ1n) is 6.50. The number of para-hydroxylation sites is 2. The van der Waals surface area contributed by atoms with E-state index in [1.807, 2.05) is 36.4 Å². The summed E-state index contributed by atoms with van der Waals surface area (Å²) < 4.78 is 5.28. The van der Waals surface area contributed by atoms with E-state index < -0.39 is 5.97 Å². The van der Waals surface area contributed by atoms with Gasteiger partial charge in [-0.1, -0.05) is 36.4 Å². The Kier molecular flexibility index (Phi) is 3.47. The summed E-state index contributed by atoms with van der Waals surface area (Å²) in [5.41, 5.74) is 1.53. The second-order valence-electron chi connectivity index (χ2n) is 4.46. The predicted octanol–water partition coefficient (Wildman–Crippen LogP) is 2.79. The van der Waals surface area contributed by atoms with E-state index in [0.29, 0.717) is 11.4 Å². The summed E-state index contributed by atoms with van der Waals surface area (Å²) >= 11 is 0. The average Bonchev–Trinajstić information content (AvgIpc) is 2.91. The van der Waals surface area contributed by atoms with Crippen molar-refractivity contribution in [2.45, 2.75) is 6.92 Å². The molecule has 5 heteroatoms. The fraction of sp³-hybridized carbons (Fsp3) is 0.0625. The molecule has 0 amide bonds. The van der Waals surface area contributed by atoms with Crippen LogP contribution in [0.3, 0.4) is 0 Å². The van der Waals surface area contributed by atoms with Crippen molar-refractivity contribution in [3.63, 3.8) is 0 Å². The maximum atomic E-state index is 12.1. The maximum absolute atomic E-state index is 12.1. The molecular formula is C16H13N3O2. The molecule has 21 heavy (non-hydrogen) atoms. The number of aryl methyl sites for hydroxylation is 1. The molecule has 0 saturated heterocycles. The molecular weight excluding hydrogens is 266 g/mol. The molecule has 0 aliphatic carbocycles. The van der Waals surface area contributed by atoms with Gasteiger partial charge in [0.05, 0.1) is 11.4 Å². The molecule has 0 aliphatic heterocycles. The standard InChI is InChI=1S/C16H13N3O2/c1-12-15(16(20)21-14-10-6-3-7-11-14)18-19(17-12)13-8-4-2-5-9-13/h2-11H,1H3. The number of hydrogen-bond donors (Lipinski definition) is 0. The molecule has 0 bridgehead atoms. The summed E-state index contributed by atoms with van der Waals surface area (Å²) in [6.45, 7) is 1.73. The molecule has 0 N–H and O–H groups in total. The minimum absolute atomic E-state index is 0.211. The van der Waals surface area contributed by atoms with Gasteiger partial charge in [-0.05, 0) is 31.2 Å². The second kappa shape index (κ2) is 5.58. The van der Waals surface area contributed by atoms with Gasteiger partial charge in [0.25, 0.3) is 0 Å². The molecule has 0 spiro atoms. The molecule has 1 aromatic heterocycles. The van der Waals surface area contributed by atoms with Crippen molar-refractivity contribution in [3.8, 4) is 11.4 Å². The number of hydrogen-bond acceptors (Lipinski definition) is 4. The van der Waals surface area contributed by atoms with E-state index in [0.717, 1.165) is 5.69 Å². The van der Waals surface area contributed by atoms with Gasteiger partial charge >= 0.3 is 5.97 Å². The maximum Gasteiger partial charge on any atom is 0.366 e. The van der Waals surface area contributed by atoms with E-state index in [-0.39, 0.29) is 5.69 Å². The first-order chi connectivity index (χ1) is 10.2. The van der Waals surface area contributed by atoms with E-state index in [1.54, 1.807) is 31.2 Å². The fourth-order valence-electron chi connectivity index (χ4n) is 1.89. The third kappa shape index (κ3) is 2.81. The smallest absolute Gasteiger partial charge is 0.366 e. The highest BCUT2D eigenvalue weighted by Crippen LogP contribution is 2.13. The van der Waals surface area contributed by atoms with Gasteiger partial charge in [-0.25, -0.2) is 4.79 Å². The molecule has 0 saturated carbocycles. The van der Waals surface area contributed by atoms with Crippen LogP contribution in [0.2, 0.25) is 0 Å². The highest BCUT2D eigenvalue weighted by atomic mass is 16.5. The Bertz CT molecular complexity index is 752. The van der Waals surface area contributed by atoms with Crippen LogP contribution in [0.4, 0.5) is 0 Å². The average molecular weight is 279 g/mol. The summed E-state index contributed by atoms with van der Waals surface area (Å²) in [7, 11) is 0. The number of carbonyl (C=O) groups is 1. The predicted molar refractivity (Wildman–Crippen MR) is 77.5 cm³/mol. The van der Waals surface area contributed by atoms with Crippen LogP contribution < -0.4 is 4.74 Å². The molecule has 3 aromatic rings. The summed E-state index contributed by atoms with van der Waals surface area (Å²) in [5, 5.41) is 8.46. The monoisotopic (exact) mass is 279 g/mol. The minimum atomic E-state index is -0.513. The lowest BCUT2D eigenvalue weighted by Gasteiger charge is -2.01. The van der Waals surface area contributed by atoms with Crippen molar-refractivity contribution in [2.24, 2.45) is 0 Å². The Balaban J connectivity index is 1.86. The highest BCUT2D eigenvalue weighted by molar-refractivity contribution is 5.89. The number of ether oxygens (including phenoxy) is 1. The Morgan fingerprint density at radius 3 is 2.24 bits per heavy atom. The van der Waals surface area contributed by atoms with Gasteiger partial charge in [0, 0.05) is 0 Å². The topological polar surface area (TPSA) is 57.0 Å². The van der Waals surface area contributed by atoms with E-state index in [1.165, 1.54) is 4.80 Å². The Morgan fingerprint density at radius 1 is 0.952 bits per heavy atom. The van der Waals surface area contributed by atoms with Crippen molar-refractivity contribution in [1.29, 1.82) is 0 Å². The van der Waals surface area contributed by atoms with Gasteiger partial charge in [0.1, 0.15) is 5.75 Å². The van der Waals surface area contributed by atoms with Crippen LogP contribution >= 0.6 is 0 Å². The molecule has 5 nitrogen and oxygen atoms in total. The molecule has 0 fully saturated rings. The Morgan fingerprint density at radius 2 is 1.57 bits per heavy atom. The molecule has 2 aromatic carbocycles. The largest absolute Gasteiger partial charge is 0.422 e. The van der Waals surface area contributed by atoms with Crippen LogP contribution in [0.1, 0.15) is 16.2 Å². The summed E-state index contributed by atoms with van der Waals surface area (Å²) in [6.07, 6.45) is 0. The molecule has 0 unspecified atom stereocenters. The van der Waals surface area contributed by atoms with E-state index in [9.17, 15) is 4.79 Å². The van der Waals surface area contributed by atoms with Crippen molar-refractivity contribution >= 4 is 5.97 Å². The lowest BCUT2D eigenvalue weighted by Crippen LogP contribution is -2.11. The van der Waals surface area contributed by atoms with Gasteiger partial charge < -0.3 is 4.74 Å². The van der Waals surface area contributed by atoms with E-state index in [2.05, 4.69) is 10.2 Å². The molecule has 0 aliphatic rings. The number of nitrogens with zero attached hydrogens (tertiary/aromatic N) is 3. The minimum Gasteiger partial charge on any atom is -0.422 e.